The molecule has 1 atom stereocenters. The van der Waals surface area contributed by atoms with Crippen molar-refractivity contribution in [2.45, 2.75) is 38.2 Å². The van der Waals surface area contributed by atoms with Gasteiger partial charge in [0.25, 0.3) is 0 Å². The fourth-order valence-electron chi connectivity index (χ4n) is 2.96. The summed E-state index contributed by atoms with van der Waals surface area (Å²) in [6, 6.07) is 7.65. The monoisotopic (exact) mass is 378 g/mol. The van der Waals surface area contributed by atoms with Crippen molar-refractivity contribution in [3.63, 3.8) is 0 Å². The molecule has 1 aliphatic rings. The maximum atomic E-state index is 12.5. The fourth-order valence-corrected chi connectivity index (χ4v) is 4.39. The van der Waals surface area contributed by atoms with Gasteiger partial charge < -0.3 is 4.74 Å². The van der Waals surface area contributed by atoms with Crippen LogP contribution in [0.5, 0.6) is 0 Å². The van der Waals surface area contributed by atoms with Gasteiger partial charge in [0, 0.05) is 12.2 Å². The molecule has 1 saturated heterocycles. The average Bonchev–Trinajstić information content (AvgIpc) is 3.15. The second kappa shape index (κ2) is 7.08. The van der Waals surface area contributed by atoms with Crippen LogP contribution in [0.15, 0.2) is 29.2 Å². The van der Waals surface area contributed by atoms with Crippen LogP contribution in [-0.2, 0) is 21.2 Å². The fraction of sp³-hybridized carbons (Fsp3) is 0.412. The summed E-state index contributed by atoms with van der Waals surface area (Å²) < 4.78 is 32.7. The second-order valence-electron chi connectivity index (χ2n) is 6.25. The zero-order chi connectivity index (χ0) is 18.9. The lowest BCUT2D eigenvalue weighted by Gasteiger charge is -2.13. The Morgan fingerprint density at radius 3 is 2.58 bits per heavy atom. The number of H-pyrrole nitrogens is 1. The molecule has 1 fully saturated rings. The zero-order valence-electron chi connectivity index (χ0n) is 14.9. The average molecular weight is 378 g/mol. The Hall–Kier alpha value is -2.39. The van der Waals surface area contributed by atoms with Gasteiger partial charge in [-0.2, -0.15) is 5.10 Å². The topological polar surface area (TPSA) is 104 Å². The number of aryl methyl sites for hydroxylation is 3. The number of cyclic esters (lactones) is 1. The van der Waals surface area contributed by atoms with E-state index in [1.54, 1.807) is 13.8 Å². The van der Waals surface area contributed by atoms with Gasteiger partial charge in [-0.1, -0.05) is 19.1 Å². The highest BCUT2D eigenvalue weighted by Crippen LogP contribution is 2.23. The molecule has 1 aliphatic heterocycles. The van der Waals surface area contributed by atoms with Crippen molar-refractivity contribution >= 4 is 21.8 Å². The van der Waals surface area contributed by atoms with Crippen molar-refractivity contribution in [3.8, 4) is 0 Å². The molecule has 0 bridgehead atoms. The Balaban J connectivity index is 1.66. The van der Waals surface area contributed by atoms with Gasteiger partial charge in [0.2, 0.25) is 10.0 Å². The van der Waals surface area contributed by atoms with Crippen LogP contribution in [0.3, 0.4) is 0 Å². The van der Waals surface area contributed by atoms with E-state index >= 15 is 0 Å². The number of carbonyl (C=O) groups excluding carboxylic acids is 1. The molecule has 3 rings (SSSR count). The van der Waals surface area contributed by atoms with Gasteiger partial charge in [-0.15, -0.1) is 0 Å². The first-order valence-electron chi connectivity index (χ1n) is 8.40. The van der Waals surface area contributed by atoms with Gasteiger partial charge in [-0.25, -0.2) is 17.9 Å². The first-order chi connectivity index (χ1) is 12.3. The van der Waals surface area contributed by atoms with Crippen LogP contribution in [0.1, 0.15) is 23.9 Å². The van der Waals surface area contributed by atoms with Crippen LogP contribution in [0, 0.1) is 13.8 Å². The molecular weight excluding hydrogens is 356 g/mol. The largest absolute Gasteiger partial charge is 0.443 e. The number of nitrogens with zero attached hydrogens (tertiary/aromatic N) is 2. The van der Waals surface area contributed by atoms with Crippen LogP contribution in [-0.4, -0.2) is 43.9 Å². The first kappa shape index (κ1) is 18.4. The number of amides is 1. The van der Waals surface area contributed by atoms with E-state index in [4.69, 9.17) is 4.74 Å². The Labute approximate surface area is 152 Å². The quantitative estimate of drug-likeness (QED) is 0.799. The Kier molecular flexibility index (Phi) is 5.01. The third-order valence-electron chi connectivity index (χ3n) is 4.36. The third kappa shape index (κ3) is 3.58. The van der Waals surface area contributed by atoms with E-state index in [2.05, 4.69) is 21.8 Å². The van der Waals surface area contributed by atoms with Crippen LogP contribution >= 0.6 is 0 Å². The molecule has 0 saturated carbocycles. The number of rotatable bonds is 6. The minimum Gasteiger partial charge on any atom is -0.443 e. The molecule has 1 aromatic carbocycles. The predicted octanol–water partition coefficient (Wildman–Crippen LogP) is 1.89. The van der Waals surface area contributed by atoms with Gasteiger partial charge in [0.15, 0.2) is 0 Å². The second-order valence-corrected chi connectivity index (χ2v) is 7.96. The number of anilines is 1. The van der Waals surface area contributed by atoms with Gasteiger partial charge >= 0.3 is 6.09 Å². The summed E-state index contributed by atoms with van der Waals surface area (Å²) in [6.45, 7) is 5.61. The molecule has 140 valence electrons. The number of ether oxygens (including phenoxy) is 1. The molecule has 0 spiro atoms. The predicted molar refractivity (Wildman–Crippen MR) is 96.7 cm³/mol. The maximum absolute atomic E-state index is 12.5. The van der Waals surface area contributed by atoms with Crippen LogP contribution in [0.2, 0.25) is 0 Å². The summed E-state index contributed by atoms with van der Waals surface area (Å²) in [5.41, 5.74) is 2.78. The number of hydrogen-bond donors (Lipinski definition) is 2. The van der Waals surface area contributed by atoms with Crippen LogP contribution < -0.4 is 9.62 Å². The Morgan fingerprint density at radius 2 is 2.00 bits per heavy atom. The number of carbonyl (C=O) groups is 1. The van der Waals surface area contributed by atoms with E-state index in [-0.39, 0.29) is 18.0 Å². The van der Waals surface area contributed by atoms with Crippen molar-refractivity contribution < 1.29 is 17.9 Å². The minimum atomic E-state index is -3.73. The van der Waals surface area contributed by atoms with E-state index in [1.165, 1.54) is 10.5 Å². The van der Waals surface area contributed by atoms with Crippen molar-refractivity contribution in [2.24, 2.45) is 0 Å². The number of aromatic amines is 1. The molecule has 2 aromatic rings. The molecule has 0 aliphatic carbocycles. The van der Waals surface area contributed by atoms with Crippen LogP contribution in [0.4, 0.5) is 10.5 Å². The standard InChI is InChI=1S/C17H22N4O4S/c1-4-13-5-7-14(8-6-13)21-10-15(25-17(21)22)9-18-26(23,24)16-11(2)19-20-12(16)3/h5-8,15,18H,4,9-10H2,1-3H3,(H,19,20). The Morgan fingerprint density at radius 1 is 1.31 bits per heavy atom. The molecule has 2 heterocycles. The number of benzene rings is 1. The van der Waals surface area contributed by atoms with E-state index in [9.17, 15) is 13.2 Å². The molecule has 1 aromatic heterocycles. The van der Waals surface area contributed by atoms with Crippen LogP contribution in [0.25, 0.3) is 0 Å². The number of nitrogens with one attached hydrogen (secondary N) is 2. The highest BCUT2D eigenvalue weighted by molar-refractivity contribution is 7.89. The summed E-state index contributed by atoms with van der Waals surface area (Å²) in [6.07, 6.45) is -0.119. The van der Waals surface area contributed by atoms with E-state index < -0.39 is 22.2 Å². The normalized spacial score (nSPS) is 17.6. The maximum Gasteiger partial charge on any atom is 0.414 e. The summed E-state index contributed by atoms with van der Waals surface area (Å²) >= 11 is 0. The van der Waals surface area contributed by atoms with Crippen molar-refractivity contribution in [1.29, 1.82) is 0 Å². The SMILES string of the molecule is CCc1ccc(N2CC(CNS(=O)(=O)c3c(C)n[nH]c3C)OC2=O)cc1. The number of hydrogen-bond acceptors (Lipinski definition) is 5. The van der Waals surface area contributed by atoms with E-state index in [1.807, 2.05) is 24.3 Å². The van der Waals surface area contributed by atoms with Crippen molar-refractivity contribution in [2.75, 3.05) is 18.0 Å². The number of sulfonamides is 1. The van der Waals surface area contributed by atoms with E-state index in [0.29, 0.717) is 11.4 Å². The van der Waals surface area contributed by atoms with E-state index in [0.717, 1.165) is 12.1 Å². The van der Waals surface area contributed by atoms with Gasteiger partial charge in [0.1, 0.15) is 11.0 Å². The molecular formula is C17H22N4O4S. The highest BCUT2D eigenvalue weighted by Gasteiger charge is 2.33. The third-order valence-corrected chi connectivity index (χ3v) is 6.05. The highest BCUT2D eigenvalue weighted by atomic mass is 32.2. The molecule has 2 N–H and O–H groups in total. The molecule has 26 heavy (non-hydrogen) atoms. The molecule has 9 heteroatoms. The van der Waals surface area contributed by atoms with Gasteiger partial charge in [-0.05, 0) is 38.0 Å². The molecule has 1 amide bonds. The molecule has 1 unspecified atom stereocenters. The smallest absolute Gasteiger partial charge is 0.414 e. The molecule has 8 nitrogen and oxygen atoms in total. The van der Waals surface area contributed by atoms with Gasteiger partial charge in [0.05, 0.1) is 17.9 Å². The summed E-state index contributed by atoms with van der Waals surface area (Å²) in [5.74, 6) is 0. The minimum absolute atomic E-state index is 0.00166. The lowest BCUT2D eigenvalue weighted by Crippen LogP contribution is -2.35. The number of aromatic nitrogens is 2. The zero-order valence-corrected chi connectivity index (χ0v) is 15.8. The van der Waals surface area contributed by atoms with Crippen molar-refractivity contribution in [3.05, 3.63) is 41.2 Å². The first-order valence-corrected chi connectivity index (χ1v) is 9.88. The Bertz CT molecular complexity index is 886. The summed E-state index contributed by atoms with van der Waals surface area (Å²) in [7, 11) is -3.73. The summed E-state index contributed by atoms with van der Waals surface area (Å²) in [4.78, 5) is 13.8. The lowest BCUT2D eigenvalue weighted by atomic mass is 10.1. The van der Waals surface area contributed by atoms with Crippen molar-refractivity contribution in [1.82, 2.24) is 14.9 Å². The summed E-state index contributed by atoms with van der Waals surface area (Å²) in [5, 5.41) is 6.56. The lowest BCUT2D eigenvalue weighted by molar-refractivity contribution is 0.143. The van der Waals surface area contributed by atoms with Gasteiger partial charge in [-0.3, -0.25) is 10.00 Å². The molecule has 0 radical (unpaired) electrons.